The van der Waals surface area contributed by atoms with Crippen molar-refractivity contribution in [2.45, 2.75) is 0 Å². The maximum Gasteiger partial charge on any atom is 0.354 e. The summed E-state index contributed by atoms with van der Waals surface area (Å²) in [6.07, 6.45) is 6.44. The molecule has 0 spiro atoms. The average Bonchev–Trinajstić information content (AvgIpc) is 3.59. The second-order valence-corrected chi connectivity index (χ2v) is 8.80. The molecule has 4 aromatic rings. The Morgan fingerprint density at radius 1 is 0.605 bits per heavy atom. The molecule has 0 aliphatic rings. The molecule has 0 radical (unpaired) electrons. The fourth-order valence-corrected chi connectivity index (χ4v) is 4.06. The summed E-state index contributed by atoms with van der Waals surface area (Å²) in [5.41, 5.74) is 8.70. The minimum absolute atomic E-state index is 0.283. The van der Waals surface area contributed by atoms with Crippen molar-refractivity contribution in [2.24, 2.45) is 28.2 Å². The summed E-state index contributed by atoms with van der Waals surface area (Å²) in [7, 11) is 8.00. The number of carbonyl (C=O) groups is 4. The predicted octanol–water partition coefficient (Wildman–Crippen LogP) is 2.17. The lowest BCUT2D eigenvalue weighted by Crippen LogP contribution is -2.15. The Labute approximate surface area is 217 Å². The van der Waals surface area contributed by atoms with Crippen molar-refractivity contribution >= 4 is 46.4 Å². The second-order valence-electron chi connectivity index (χ2n) is 8.80. The quantitative estimate of drug-likeness (QED) is 0.273. The number of esters is 1. The van der Waals surface area contributed by atoms with Gasteiger partial charge < -0.3 is 44.7 Å². The number of rotatable bonds is 7. The molecule has 0 aliphatic heterocycles. The first-order chi connectivity index (χ1) is 18.0. The molecule has 4 aromatic heterocycles. The first-order valence-corrected chi connectivity index (χ1v) is 11.4. The Morgan fingerprint density at radius 3 is 1.32 bits per heavy atom. The summed E-state index contributed by atoms with van der Waals surface area (Å²) < 4.78 is 11.0. The van der Waals surface area contributed by atoms with Crippen LogP contribution in [0.1, 0.15) is 42.0 Å². The molecule has 13 heteroatoms. The van der Waals surface area contributed by atoms with Crippen LogP contribution in [0.25, 0.3) is 0 Å². The van der Waals surface area contributed by atoms with Gasteiger partial charge >= 0.3 is 5.97 Å². The minimum Gasteiger partial charge on any atom is -0.464 e. The van der Waals surface area contributed by atoms with Gasteiger partial charge in [0.25, 0.3) is 17.7 Å². The Bertz CT molecular complexity index is 1570. The summed E-state index contributed by atoms with van der Waals surface area (Å²) in [6, 6.07) is 6.14. The number of carbonyl (C=O) groups excluding carboxylic acids is 4. The first-order valence-electron chi connectivity index (χ1n) is 11.4. The third-order valence-corrected chi connectivity index (χ3v) is 5.91. The number of nitrogens with zero attached hydrogens (tertiary/aromatic N) is 4. The summed E-state index contributed by atoms with van der Waals surface area (Å²) in [6.45, 7) is 0. The lowest BCUT2D eigenvalue weighted by molar-refractivity contribution is 0.0589. The van der Waals surface area contributed by atoms with E-state index < -0.39 is 17.8 Å². The van der Waals surface area contributed by atoms with E-state index in [1.165, 1.54) is 19.2 Å². The van der Waals surface area contributed by atoms with Crippen LogP contribution in [0.3, 0.4) is 0 Å². The summed E-state index contributed by atoms with van der Waals surface area (Å²) in [5.74, 6) is -1.75. The summed E-state index contributed by atoms with van der Waals surface area (Å²) in [4.78, 5) is 50.2. The van der Waals surface area contributed by atoms with Crippen molar-refractivity contribution in [3.63, 3.8) is 0 Å². The van der Waals surface area contributed by atoms with Crippen molar-refractivity contribution in [1.82, 2.24) is 18.3 Å². The number of nitrogen functional groups attached to an aromatic ring is 1. The van der Waals surface area contributed by atoms with Crippen LogP contribution in [0, 0.1) is 0 Å². The van der Waals surface area contributed by atoms with Crippen LogP contribution in [-0.4, -0.2) is 49.1 Å². The van der Waals surface area contributed by atoms with Gasteiger partial charge in [-0.05, 0) is 24.3 Å². The molecule has 0 saturated carbocycles. The molecule has 4 heterocycles. The van der Waals surface area contributed by atoms with Gasteiger partial charge in [-0.2, -0.15) is 0 Å². The fourth-order valence-electron chi connectivity index (χ4n) is 4.06. The van der Waals surface area contributed by atoms with Crippen LogP contribution in [0.5, 0.6) is 0 Å². The molecule has 38 heavy (non-hydrogen) atoms. The van der Waals surface area contributed by atoms with Gasteiger partial charge in [0.05, 0.1) is 29.9 Å². The van der Waals surface area contributed by atoms with Crippen LogP contribution in [0.15, 0.2) is 49.1 Å². The topological polar surface area (TPSA) is 159 Å². The van der Waals surface area contributed by atoms with Crippen molar-refractivity contribution < 1.29 is 23.9 Å². The number of ether oxygens (including phenoxy) is 1. The molecule has 5 N–H and O–H groups in total. The lowest BCUT2D eigenvalue weighted by atomic mass is 10.3. The van der Waals surface area contributed by atoms with Crippen molar-refractivity contribution in [1.29, 1.82) is 0 Å². The van der Waals surface area contributed by atoms with E-state index >= 15 is 0 Å². The van der Waals surface area contributed by atoms with E-state index in [-0.39, 0.29) is 17.3 Å². The molecule has 198 valence electrons. The zero-order chi connectivity index (χ0) is 27.7. The van der Waals surface area contributed by atoms with E-state index in [1.54, 1.807) is 83.4 Å². The number of hydrogen-bond acceptors (Lipinski definition) is 6. The molecule has 3 amide bonds. The molecule has 0 aliphatic carbocycles. The smallest absolute Gasteiger partial charge is 0.354 e. The van der Waals surface area contributed by atoms with E-state index in [0.717, 1.165) is 0 Å². The van der Waals surface area contributed by atoms with Gasteiger partial charge in [0, 0.05) is 53.0 Å². The minimum atomic E-state index is -0.523. The molecule has 0 atom stereocenters. The molecule has 0 unspecified atom stereocenters. The number of aryl methyl sites for hydroxylation is 4. The number of aromatic nitrogens is 4. The Balaban J connectivity index is 1.44. The lowest BCUT2D eigenvalue weighted by Gasteiger charge is -2.03. The third kappa shape index (κ3) is 5.16. The molecule has 0 aromatic carbocycles. The van der Waals surface area contributed by atoms with Crippen LogP contribution < -0.4 is 21.7 Å². The van der Waals surface area contributed by atoms with Gasteiger partial charge in [0.1, 0.15) is 22.8 Å². The highest BCUT2D eigenvalue weighted by atomic mass is 16.5. The molecular formula is C25H28N8O5. The van der Waals surface area contributed by atoms with Crippen LogP contribution in [-0.2, 0) is 32.9 Å². The van der Waals surface area contributed by atoms with Crippen molar-refractivity contribution in [3.8, 4) is 0 Å². The van der Waals surface area contributed by atoms with Gasteiger partial charge in [-0.15, -0.1) is 0 Å². The second kappa shape index (κ2) is 10.0. The van der Waals surface area contributed by atoms with Gasteiger partial charge in [-0.3, -0.25) is 14.4 Å². The average molecular weight is 521 g/mol. The van der Waals surface area contributed by atoms with E-state index in [1.807, 2.05) is 0 Å². The molecule has 4 rings (SSSR count). The highest BCUT2D eigenvalue weighted by molar-refractivity contribution is 6.08. The maximum atomic E-state index is 13.0. The van der Waals surface area contributed by atoms with E-state index in [9.17, 15) is 19.2 Å². The molecule has 0 saturated heterocycles. The molecular weight excluding hydrogens is 492 g/mol. The molecule has 13 nitrogen and oxygen atoms in total. The predicted molar refractivity (Wildman–Crippen MR) is 141 cm³/mol. The normalized spacial score (nSPS) is 10.8. The van der Waals surface area contributed by atoms with E-state index in [0.29, 0.717) is 34.1 Å². The zero-order valence-corrected chi connectivity index (χ0v) is 21.5. The standard InChI is InChI=1S/C25H28N8O5/c1-30-10-14(26)6-18(30)22(34)27-15-7-19(31(2)11-15)23(35)28-16-8-20(32(3)12-16)24(36)29-17-9-21(25(37)38-5)33(4)13-17/h6-13H,26H2,1-5H3,(H,27,34)(H,28,35)(H,29,36). The number of methoxy groups -OCH3 is 1. The van der Waals surface area contributed by atoms with Crippen LogP contribution in [0.2, 0.25) is 0 Å². The fraction of sp³-hybridized carbons (Fsp3) is 0.200. The Morgan fingerprint density at radius 2 is 0.947 bits per heavy atom. The number of nitrogens with one attached hydrogen (secondary N) is 3. The Hall–Kier alpha value is -5.20. The van der Waals surface area contributed by atoms with Gasteiger partial charge in [0.2, 0.25) is 0 Å². The highest BCUT2D eigenvalue weighted by Gasteiger charge is 2.19. The molecule has 0 fully saturated rings. The van der Waals surface area contributed by atoms with Crippen molar-refractivity contribution in [3.05, 3.63) is 71.8 Å². The third-order valence-electron chi connectivity index (χ3n) is 5.91. The van der Waals surface area contributed by atoms with Crippen LogP contribution >= 0.6 is 0 Å². The highest BCUT2D eigenvalue weighted by Crippen LogP contribution is 2.20. The first kappa shape index (κ1) is 25.9. The zero-order valence-electron chi connectivity index (χ0n) is 21.5. The number of anilines is 4. The summed E-state index contributed by atoms with van der Waals surface area (Å²) >= 11 is 0. The largest absolute Gasteiger partial charge is 0.464 e. The number of amides is 3. The van der Waals surface area contributed by atoms with Gasteiger partial charge in [-0.25, -0.2) is 4.79 Å². The van der Waals surface area contributed by atoms with Crippen LogP contribution in [0.4, 0.5) is 22.7 Å². The summed E-state index contributed by atoms with van der Waals surface area (Å²) in [5, 5.41) is 8.25. The SMILES string of the molecule is COC(=O)c1cc(NC(=O)c2cc(NC(=O)c3cc(NC(=O)c4cc(N)cn4C)cn3C)cn2C)cn1C. The van der Waals surface area contributed by atoms with Gasteiger partial charge in [-0.1, -0.05) is 0 Å². The number of nitrogens with two attached hydrogens (primary N) is 1. The maximum absolute atomic E-state index is 13.0. The molecule has 0 bridgehead atoms. The van der Waals surface area contributed by atoms with Gasteiger partial charge in [0.15, 0.2) is 0 Å². The number of hydrogen-bond donors (Lipinski definition) is 4. The van der Waals surface area contributed by atoms with E-state index in [4.69, 9.17) is 10.5 Å². The van der Waals surface area contributed by atoms with E-state index in [2.05, 4.69) is 16.0 Å². The monoisotopic (exact) mass is 520 g/mol. The Kier molecular flexibility index (Phi) is 6.84. The van der Waals surface area contributed by atoms with Crippen molar-refractivity contribution in [2.75, 3.05) is 28.8 Å².